The Morgan fingerprint density at radius 2 is 1.79 bits per heavy atom. The van der Waals surface area contributed by atoms with E-state index in [9.17, 15) is 22.8 Å². The molecular formula is C11H9ClF3NO3. The van der Waals surface area contributed by atoms with Crippen LogP contribution < -0.4 is 5.32 Å². The van der Waals surface area contributed by atoms with Gasteiger partial charge < -0.3 is 10.1 Å². The van der Waals surface area contributed by atoms with E-state index >= 15 is 0 Å². The molecule has 0 aromatic heterocycles. The van der Waals surface area contributed by atoms with E-state index in [4.69, 9.17) is 11.6 Å². The lowest BCUT2D eigenvalue weighted by atomic mass is 10.2. The number of methoxy groups -OCH3 is 1. The lowest BCUT2D eigenvalue weighted by Gasteiger charge is -2.19. The maximum Gasteiger partial charge on any atom is 0.419 e. The van der Waals surface area contributed by atoms with Gasteiger partial charge in [0.15, 0.2) is 0 Å². The number of alkyl halides is 3. The van der Waals surface area contributed by atoms with Crippen LogP contribution in [-0.2, 0) is 9.53 Å². The van der Waals surface area contributed by atoms with Crippen molar-refractivity contribution in [3.8, 4) is 0 Å². The molecule has 0 bridgehead atoms. The average molecular weight is 296 g/mol. The van der Waals surface area contributed by atoms with Gasteiger partial charge in [-0.15, -0.1) is 0 Å². The largest absolute Gasteiger partial charge is 0.467 e. The number of carbonyl (C=O) groups excluding carboxylic acids is 2. The molecule has 0 spiro atoms. The predicted octanol–water partition coefficient (Wildman–Crippen LogP) is 2.17. The van der Waals surface area contributed by atoms with Crippen molar-refractivity contribution in [3.05, 3.63) is 34.9 Å². The molecule has 8 heteroatoms. The van der Waals surface area contributed by atoms with E-state index in [0.717, 1.165) is 7.11 Å². The van der Waals surface area contributed by atoms with Crippen LogP contribution in [0.2, 0.25) is 5.02 Å². The van der Waals surface area contributed by atoms with Crippen molar-refractivity contribution >= 4 is 23.5 Å². The van der Waals surface area contributed by atoms with Gasteiger partial charge in [0.05, 0.1) is 7.11 Å². The minimum atomic E-state index is -4.94. The van der Waals surface area contributed by atoms with Gasteiger partial charge in [0.25, 0.3) is 5.91 Å². The van der Waals surface area contributed by atoms with E-state index in [1.54, 1.807) is 5.32 Å². The quantitative estimate of drug-likeness (QED) is 0.870. The molecule has 0 heterocycles. The number of rotatable bonds is 3. The zero-order chi connectivity index (χ0) is 14.6. The van der Waals surface area contributed by atoms with E-state index in [1.165, 1.54) is 24.3 Å². The molecule has 4 nitrogen and oxygen atoms in total. The van der Waals surface area contributed by atoms with Crippen LogP contribution in [0.4, 0.5) is 13.2 Å². The first-order chi connectivity index (χ1) is 8.75. The Hall–Kier alpha value is -1.76. The number of esters is 1. The third kappa shape index (κ3) is 4.13. The maximum absolute atomic E-state index is 12.6. The van der Waals surface area contributed by atoms with Gasteiger partial charge in [-0.1, -0.05) is 11.6 Å². The SMILES string of the molecule is COC(=O)[C@H](NC(=O)c1ccc(Cl)cc1)C(F)(F)F. The van der Waals surface area contributed by atoms with Crippen molar-refractivity contribution in [2.24, 2.45) is 0 Å². The number of benzene rings is 1. The third-order valence-corrected chi connectivity index (χ3v) is 2.40. The highest BCUT2D eigenvalue weighted by Gasteiger charge is 2.47. The van der Waals surface area contributed by atoms with E-state index in [2.05, 4.69) is 4.74 Å². The summed E-state index contributed by atoms with van der Waals surface area (Å²) in [4.78, 5) is 22.6. The highest BCUT2D eigenvalue weighted by Crippen LogP contribution is 2.21. The summed E-state index contributed by atoms with van der Waals surface area (Å²) in [7, 11) is 0.801. The van der Waals surface area contributed by atoms with Crippen molar-refractivity contribution in [3.63, 3.8) is 0 Å². The molecule has 104 valence electrons. The smallest absolute Gasteiger partial charge is 0.419 e. The number of nitrogens with one attached hydrogen (secondary N) is 1. The molecular weight excluding hydrogens is 287 g/mol. The Morgan fingerprint density at radius 1 is 1.26 bits per heavy atom. The van der Waals surface area contributed by atoms with Crippen molar-refractivity contribution < 1.29 is 27.5 Å². The zero-order valence-electron chi connectivity index (χ0n) is 9.62. The maximum atomic E-state index is 12.6. The predicted molar refractivity (Wildman–Crippen MR) is 60.8 cm³/mol. The summed E-state index contributed by atoms with van der Waals surface area (Å²) in [6.45, 7) is 0. The van der Waals surface area contributed by atoms with Crippen LogP contribution in [0.15, 0.2) is 24.3 Å². The highest BCUT2D eigenvalue weighted by atomic mass is 35.5. The van der Waals surface area contributed by atoms with Crippen molar-refractivity contribution in [2.75, 3.05) is 7.11 Å². The molecule has 0 aliphatic carbocycles. The minimum Gasteiger partial charge on any atom is -0.467 e. The van der Waals surface area contributed by atoms with E-state index in [1.807, 2.05) is 0 Å². The van der Waals surface area contributed by atoms with E-state index in [0.29, 0.717) is 5.02 Å². The summed E-state index contributed by atoms with van der Waals surface area (Å²) in [6, 6.07) is 2.46. The minimum absolute atomic E-state index is 0.0532. The molecule has 1 aromatic rings. The standard InChI is InChI=1S/C11H9ClF3NO3/c1-19-10(18)8(11(13,14)15)16-9(17)6-2-4-7(12)5-3-6/h2-5,8H,1H3,(H,16,17)/t8-/m0/s1. The Balaban J connectivity index is 2.88. The van der Waals surface area contributed by atoms with E-state index in [-0.39, 0.29) is 5.56 Å². The van der Waals surface area contributed by atoms with Crippen molar-refractivity contribution in [2.45, 2.75) is 12.2 Å². The molecule has 0 radical (unpaired) electrons. The van der Waals surface area contributed by atoms with Crippen LogP contribution in [-0.4, -0.2) is 31.2 Å². The van der Waals surface area contributed by atoms with Crippen LogP contribution in [0, 0.1) is 0 Å². The molecule has 0 unspecified atom stereocenters. The lowest BCUT2D eigenvalue weighted by molar-refractivity contribution is -0.180. The van der Waals surface area contributed by atoms with Crippen LogP contribution in [0.5, 0.6) is 0 Å². The summed E-state index contributed by atoms with van der Waals surface area (Å²) < 4.78 is 41.7. The first-order valence-corrected chi connectivity index (χ1v) is 5.34. The number of ether oxygens (including phenoxy) is 1. The Bertz CT molecular complexity index is 473. The van der Waals surface area contributed by atoms with E-state index < -0.39 is 24.1 Å². The fourth-order valence-corrected chi connectivity index (χ4v) is 1.33. The second-order valence-corrected chi connectivity index (χ2v) is 3.91. The molecule has 1 N–H and O–H groups in total. The summed E-state index contributed by atoms with van der Waals surface area (Å²) in [5, 5.41) is 1.89. The van der Waals surface area contributed by atoms with Crippen LogP contribution >= 0.6 is 11.6 Å². The van der Waals surface area contributed by atoms with Gasteiger partial charge in [-0.05, 0) is 24.3 Å². The second-order valence-electron chi connectivity index (χ2n) is 3.48. The first kappa shape index (κ1) is 15.3. The molecule has 0 fully saturated rings. The summed E-state index contributed by atoms with van der Waals surface area (Å²) in [5.74, 6) is -2.64. The van der Waals surface area contributed by atoms with Crippen LogP contribution in [0.3, 0.4) is 0 Å². The van der Waals surface area contributed by atoms with Crippen molar-refractivity contribution in [1.82, 2.24) is 5.32 Å². The third-order valence-electron chi connectivity index (χ3n) is 2.15. The van der Waals surface area contributed by atoms with Gasteiger partial charge in [0.1, 0.15) is 0 Å². The lowest BCUT2D eigenvalue weighted by Crippen LogP contribution is -2.51. The molecule has 19 heavy (non-hydrogen) atoms. The monoisotopic (exact) mass is 295 g/mol. The normalized spacial score (nSPS) is 12.7. The number of hydrogen-bond donors (Lipinski definition) is 1. The molecule has 1 atom stereocenters. The number of amides is 1. The second kappa shape index (κ2) is 5.92. The van der Waals surface area contributed by atoms with Gasteiger partial charge in [-0.25, -0.2) is 4.79 Å². The molecule has 1 amide bonds. The number of carbonyl (C=O) groups is 2. The summed E-state index contributed by atoms with van der Waals surface area (Å²) in [5.41, 5.74) is -0.0532. The fraction of sp³-hybridized carbons (Fsp3) is 0.273. The fourth-order valence-electron chi connectivity index (χ4n) is 1.21. The van der Waals surface area contributed by atoms with Crippen LogP contribution in [0.25, 0.3) is 0 Å². The molecule has 0 aliphatic rings. The highest BCUT2D eigenvalue weighted by molar-refractivity contribution is 6.30. The molecule has 1 rings (SSSR count). The Labute approximate surface area is 111 Å². The zero-order valence-corrected chi connectivity index (χ0v) is 10.4. The summed E-state index contributed by atoms with van der Waals surface area (Å²) in [6.07, 6.45) is -4.94. The van der Waals surface area contributed by atoms with Crippen molar-refractivity contribution in [1.29, 1.82) is 0 Å². The Kier molecular flexibility index (Phi) is 4.77. The van der Waals surface area contributed by atoms with Gasteiger partial charge in [0, 0.05) is 10.6 Å². The van der Waals surface area contributed by atoms with Crippen LogP contribution in [0.1, 0.15) is 10.4 Å². The number of halogens is 4. The first-order valence-electron chi connectivity index (χ1n) is 4.96. The van der Waals surface area contributed by atoms with Gasteiger partial charge in [0.2, 0.25) is 6.04 Å². The topological polar surface area (TPSA) is 55.4 Å². The number of hydrogen-bond acceptors (Lipinski definition) is 3. The van der Waals surface area contributed by atoms with Gasteiger partial charge in [-0.2, -0.15) is 13.2 Å². The molecule has 0 saturated carbocycles. The molecule has 0 saturated heterocycles. The average Bonchev–Trinajstić information content (AvgIpc) is 2.34. The molecule has 0 aliphatic heterocycles. The Morgan fingerprint density at radius 3 is 2.21 bits per heavy atom. The summed E-state index contributed by atoms with van der Waals surface area (Å²) >= 11 is 5.58. The van der Waals surface area contributed by atoms with Gasteiger partial charge in [-0.3, -0.25) is 4.79 Å². The van der Waals surface area contributed by atoms with Gasteiger partial charge >= 0.3 is 12.1 Å². The molecule has 1 aromatic carbocycles.